The molecular weight excluding hydrogens is 238 g/mol. The predicted octanol–water partition coefficient (Wildman–Crippen LogP) is 3.87. The fraction of sp³-hybridized carbons (Fsp3) is 0.357. The highest BCUT2D eigenvalue weighted by atomic mass is 19.1. The summed E-state index contributed by atoms with van der Waals surface area (Å²) < 4.78 is 26.9. The van der Waals surface area contributed by atoms with Crippen molar-refractivity contribution in [2.45, 2.75) is 26.7 Å². The molecule has 0 aliphatic carbocycles. The summed E-state index contributed by atoms with van der Waals surface area (Å²) >= 11 is 0. The van der Waals surface area contributed by atoms with Crippen LogP contribution in [-0.4, -0.2) is 11.1 Å². The summed E-state index contributed by atoms with van der Waals surface area (Å²) in [7, 11) is 0. The molecule has 18 heavy (non-hydrogen) atoms. The van der Waals surface area contributed by atoms with E-state index in [9.17, 15) is 13.6 Å². The van der Waals surface area contributed by atoms with Crippen LogP contribution in [0.2, 0.25) is 0 Å². The number of carboxylic acid groups (broad SMARTS) is 1. The van der Waals surface area contributed by atoms with Crippen LogP contribution in [0.25, 0.3) is 5.57 Å². The third kappa shape index (κ3) is 3.39. The van der Waals surface area contributed by atoms with Gasteiger partial charge in [0.15, 0.2) is 0 Å². The number of hydrogen-bond acceptors (Lipinski definition) is 1. The Hall–Kier alpha value is -1.71. The Morgan fingerprint density at radius 1 is 1.33 bits per heavy atom. The molecule has 0 amide bonds. The van der Waals surface area contributed by atoms with Crippen LogP contribution < -0.4 is 0 Å². The van der Waals surface area contributed by atoms with Crippen LogP contribution in [0.15, 0.2) is 24.3 Å². The van der Waals surface area contributed by atoms with Gasteiger partial charge in [0, 0.05) is 11.6 Å². The third-order valence-corrected chi connectivity index (χ3v) is 2.94. The van der Waals surface area contributed by atoms with Crippen LogP contribution >= 0.6 is 0 Å². The second-order valence-electron chi connectivity index (χ2n) is 4.08. The topological polar surface area (TPSA) is 37.3 Å². The maximum atomic E-state index is 13.7. The predicted molar refractivity (Wildman–Crippen MR) is 66.0 cm³/mol. The van der Waals surface area contributed by atoms with Crippen LogP contribution in [0.3, 0.4) is 0 Å². The minimum Gasteiger partial charge on any atom is -0.478 e. The number of carboxylic acids is 1. The lowest BCUT2D eigenvalue weighted by Gasteiger charge is -2.17. The first-order valence-electron chi connectivity index (χ1n) is 5.89. The molecule has 0 aliphatic heterocycles. The Morgan fingerprint density at radius 3 is 2.44 bits per heavy atom. The molecule has 0 saturated heterocycles. The van der Waals surface area contributed by atoms with Crippen molar-refractivity contribution in [2.75, 3.05) is 0 Å². The minimum absolute atomic E-state index is 0.0334. The Balaban J connectivity index is 3.34. The van der Waals surface area contributed by atoms with Crippen molar-refractivity contribution in [3.8, 4) is 0 Å². The van der Waals surface area contributed by atoms with E-state index in [0.717, 1.165) is 24.3 Å². The Kier molecular flexibility index (Phi) is 5.01. The molecule has 0 heterocycles. The lowest BCUT2D eigenvalue weighted by molar-refractivity contribution is -0.131. The molecule has 0 spiro atoms. The van der Waals surface area contributed by atoms with E-state index >= 15 is 0 Å². The van der Waals surface area contributed by atoms with Gasteiger partial charge in [-0.3, -0.25) is 0 Å². The van der Waals surface area contributed by atoms with E-state index in [-0.39, 0.29) is 11.5 Å². The molecule has 1 rings (SSSR count). The average Bonchev–Trinajstić information content (AvgIpc) is 2.32. The molecule has 98 valence electrons. The van der Waals surface area contributed by atoms with Crippen LogP contribution in [0, 0.1) is 17.6 Å². The molecule has 0 saturated carbocycles. The largest absolute Gasteiger partial charge is 0.478 e. The van der Waals surface area contributed by atoms with Crippen LogP contribution in [-0.2, 0) is 4.79 Å². The first kappa shape index (κ1) is 14.4. The Bertz CT molecular complexity index is 463. The molecule has 0 aromatic heterocycles. The van der Waals surface area contributed by atoms with E-state index in [2.05, 4.69) is 0 Å². The second kappa shape index (κ2) is 6.28. The summed E-state index contributed by atoms with van der Waals surface area (Å²) in [5, 5.41) is 8.85. The number of allylic oxidation sites excluding steroid dienone is 1. The molecule has 1 aromatic carbocycles. The fourth-order valence-electron chi connectivity index (χ4n) is 2.00. The van der Waals surface area contributed by atoms with E-state index in [1.807, 2.05) is 13.8 Å². The number of rotatable bonds is 5. The lowest BCUT2D eigenvalue weighted by Crippen LogP contribution is -2.06. The zero-order chi connectivity index (χ0) is 13.7. The Labute approximate surface area is 105 Å². The SMILES string of the molecule is CCC(CC)/C(=C\C(=O)O)c1cc(F)ccc1F. The third-order valence-electron chi connectivity index (χ3n) is 2.94. The van der Waals surface area contributed by atoms with Crippen molar-refractivity contribution >= 4 is 11.5 Å². The first-order valence-corrected chi connectivity index (χ1v) is 5.89. The van der Waals surface area contributed by atoms with Crippen molar-refractivity contribution in [3.63, 3.8) is 0 Å². The van der Waals surface area contributed by atoms with E-state index in [1.165, 1.54) is 0 Å². The summed E-state index contributed by atoms with van der Waals surface area (Å²) in [4.78, 5) is 10.8. The zero-order valence-electron chi connectivity index (χ0n) is 10.4. The fourth-order valence-corrected chi connectivity index (χ4v) is 2.00. The van der Waals surface area contributed by atoms with Gasteiger partial charge in [0.1, 0.15) is 11.6 Å². The second-order valence-corrected chi connectivity index (χ2v) is 4.08. The van der Waals surface area contributed by atoms with Gasteiger partial charge in [0.05, 0.1) is 0 Å². The number of benzene rings is 1. The molecule has 1 aromatic rings. The summed E-state index contributed by atoms with van der Waals surface area (Å²) in [6.07, 6.45) is 2.31. The molecular formula is C14H16F2O2. The molecule has 0 fully saturated rings. The van der Waals surface area contributed by atoms with Gasteiger partial charge in [0.25, 0.3) is 0 Å². The highest BCUT2D eigenvalue weighted by molar-refractivity contribution is 5.90. The van der Waals surface area contributed by atoms with Crippen molar-refractivity contribution in [2.24, 2.45) is 5.92 Å². The molecule has 4 heteroatoms. The van der Waals surface area contributed by atoms with Crippen LogP contribution in [0.5, 0.6) is 0 Å². The van der Waals surface area contributed by atoms with Gasteiger partial charge < -0.3 is 5.11 Å². The molecule has 1 N–H and O–H groups in total. The van der Waals surface area contributed by atoms with Gasteiger partial charge >= 0.3 is 5.97 Å². The molecule has 0 bridgehead atoms. The van der Waals surface area contributed by atoms with Gasteiger partial charge in [-0.2, -0.15) is 0 Å². The summed E-state index contributed by atoms with van der Waals surface area (Å²) in [6.45, 7) is 3.78. The van der Waals surface area contributed by atoms with Gasteiger partial charge in [-0.25, -0.2) is 13.6 Å². The normalized spacial score (nSPS) is 11.9. The monoisotopic (exact) mass is 254 g/mol. The van der Waals surface area contributed by atoms with Crippen molar-refractivity contribution in [3.05, 3.63) is 41.5 Å². The molecule has 0 aliphatic rings. The minimum atomic E-state index is -1.15. The van der Waals surface area contributed by atoms with Crippen LogP contribution in [0.1, 0.15) is 32.3 Å². The van der Waals surface area contributed by atoms with E-state index < -0.39 is 17.6 Å². The van der Waals surface area contributed by atoms with Gasteiger partial charge in [-0.05, 0) is 42.5 Å². The number of carbonyl (C=O) groups is 1. The quantitative estimate of drug-likeness (QED) is 0.810. The molecule has 0 atom stereocenters. The maximum Gasteiger partial charge on any atom is 0.328 e. The first-order chi connectivity index (χ1) is 8.49. The zero-order valence-corrected chi connectivity index (χ0v) is 10.4. The molecule has 0 radical (unpaired) electrons. The van der Waals surface area contributed by atoms with E-state index in [0.29, 0.717) is 18.4 Å². The smallest absolute Gasteiger partial charge is 0.328 e. The number of hydrogen-bond donors (Lipinski definition) is 1. The highest BCUT2D eigenvalue weighted by Crippen LogP contribution is 2.30. The standard InChI is InChI=1S/C14H16F2O2/c1-3-9(4-2)11(8-14(17)18)12-7-10(15)5-6-13(12)16/h5-9H,3-4H2,1-2H3,(H,17,18)/b11-8+. The van der Waals surface area contributed by atoms with E-state index in [4.69, 9.17) is 5.11 Å². The van der Waals surface area contributed by atoms with Gasteiger partial charge in [-0.1, -0.05) is 13.8 Å². The van der Waals surface area contributed by atoms with Crippen molar-refractivity contribution in [1.82, 2.24) is 0 Å². The van der Waals surface area contributed by atoms with Crippen LogP contribution in [0.4, 0.5) is 8.78 Å². The Morgan fingerprint density at radius 2 is 1.94 bits per heavy atom. The van der Waals surface area contributed by atoms with Crippen molar-refractivity contribution in [1.29, 1.82) is 0 Å². The van der Waals surface area contributed by atoms with Crippen molar-refractivity contribution < 1.29 is 18.7 Å². The molecule has 2 nitrogen and oxygen atoms in total. The van der Waals surface area contributed by atoms with Gasteiger partial charge in [0.2, 0.25) is 0 Å². The summed E-state index contributed by atoms with van der Waals surface area (Å²) in [6, 6.07) is 3.08. The van der Waals surface area contributed by atoms with E-state index in [1.54, 1.807) is 0 Å². The summed E-state index contributed by atoms with van der Waals surface area (Å²) in [5.41, 5.74) is 0.371. The average molecular weight is 254 g/mol. The number of halogens is 2. The van der Waals surface area contributed by atoms with Gasteiger partial charge in [-0.15, -0.1) is 0 Å². The molecule has 0 unspecified atom stereocenters. The maximum absolute atomic E-state index is 13.7. The number of aliphatic carboxylic acids is 1. The lowest BCUT2D eigenvalue weighted by atomic mass is 9.88. The summed E-state index contributed by atoms with van der Waals surface area (Å²) in [5.74, 6) is -2.43. The highest BCUT2D eigenvalue weighted by Gasteiger charge is 2.18.